The first-order chi connectivity index (χ1) is 5.24. The molecular formula is C10H20O. The van der Waals surface area contributed by atoms with Crippen LogP contribution in [0.1, 0.15) is 39.5 Å². The Bertz CT molecular complexity index is 109. The van der Waals surface area contributed by atoms with Crippen molar-refractivity contribution in [2.75, 3.05) is 6.61 Å². The van der Waals surface area contributed by atoms with Crippen LogP contribution in [0.5, 0.6) is 0 Å². The van der Waals surface area contributed by atoms with E-state index in [1.54, 1.807) is 0 Å². The Labute approximate surface area is 69.8 Å². The highest BCUT2D eigenvalue weighted by atomic mass is 16.3. The van der Waals surface area contributed by atoms with E-state index in [0.29, 0.717) is 12.5 Å². The minimum absolute atomic E-state index is 0.406. The monoisotopic (exact) mass is 156 g/mol. The zero-order chi connectivity index (χ0) is 8.27. The standard InChI is InChI=1S/C10H20O/c1-8(2)10-5-3-4-9(6-10)7-11/h8-11H,3-7H2,1-2H3/t9-,10+/m1/s1. The molecule has 1 aliphatic carbocycles. The second-order valence-electron chi connectivity index (χ2n) is 4.22. The van der Waals surface area contributed by atoms with Gasteiger partial charge in [-0.25, -0.2) is 0 Å². The lowest BCUT2D eigenvalue weighted by Crippen LogP contribution is -2.21. The van der Waals surface area contributed by atoms with E-state index in [9.17, 15) is 0 Å². The quantitative estimate of drug-likeness (QED) is 0.651. The van der Waals surface area contributed by atoms with Gasteiger partial charge in [0.15, 0.2) is 0 Å². The van der Waals surface area contributed by atoms with Gasteiger partial charge >= 0.3 is 0 Å². The minimum atomic E-state index is 0.406. The van der Waals surface area contributed by atoms with Crippen molar-refractivity contribution in [3.8, 4) is 0 Å². The maximum Gasteiger partial charge on any atom is 0.0459 e. The smallest absolute Gasteiger partial charge is 0.0459 e. The van der Waals surface area contributed by atoms with Crippen LogP contribution in [0.15, 0.2) is 0 Å². The molecule has 0 aromatic rings. The summed E-state index contributed by atoms with van der Waals surface area (Å²) in [6, 6.07) is 0. The number of aliphatic hydroxyl groups is 1. The molecule has 1 rings (SSSR count). The zero-order valence-electron chi connectivity index (χ0n) is 7.71. The van der Waals surface area contributed by atoms with Crippen LogP contribution in [0, 0.1) is 17.8 Å². The molecule has 1 heteroatoms. The van der Waals surface area contributed by atoms with Crippen LogP contribution in [0.25, 0.3) is 0 Å². The summed E-state index contributed by atoms with van der Waals surface area (Å²) in [5.74, 6) is 2.29. The van der Waals surface area contributed by atoms with Crippen molar-refractivity contribution in [1.82, 2.24) is 0 Å². The van der Waals surface area contributed by atoms with Gasteiger partial charge in [-0.2, -0.15) is 0 Å². The molecule has 0 amide bonds. The predicted molar refractivity (Wildman–Crippen MR) is 47.4 cm³/mol. The molecular weight excluding hydrogens is 136 g/mol. The Morgan fingerprint density at radius 3 is 2.64 bits per heavy atom. The van der Waals surface area contributed by atoms with Crippen LogP contribution in [0.4, 0.5) is 0 Å². The Hall–Kier alpha value is -0.0400. The molecule has 1 nitrogen and oxygen atoms in total. The molecule has 0 aliphatic heterocycles. The van der Waals surface area contributed by atoms with E-state index in [1.807, 2.05) is 0 Å². The first-order valence-electron chi connectivity index (χ1n) is 4.85. The largest absolute Gasteiger partial charge is 0.396 e. The highest BCUT2D eigenvalue weighted by Gasteiger charge is 2.23. The average molecular weight is 156 g/mol. The number of rotatable bonds is 2. The van der Waals surface area contributed by atoms with Crippen LogP contribution in [0.3, 0.4) is 0 Å². The normalized spacial score (nSPS) is 32.7. The Kier molecular flexibility index (Phi) is 3.38. The van der Waals surface area contributed by atoms with E-state index in [0.717, 1.165) is 11.8 Å². The molecule has 1 aliphatic rings. The lowest BCUT2D eigenvalue weighted by molar-refractivity contribution is 0.141. The summed E-state index contributed by atoms with van der Waals surface area (Å²) < 4.78 is 0. The number of aliphatic hydroxyl groups excluding tert-OH is 1. The molecule has 1 N–H and O–H groups in total. The third-order valence-corrected chi connectivity index (χ3v) is 3.02. The molecule has 11 heavy (non-hydrogen) atoms. The van der Waals surface area contributed by atoms with Crippen molar-refractivity contribution in [3.63, 3.8) is 0 Å². The van der Waals surface area contributed by atoms with E-state index in [1.165, 1.54) is 25.7 Å². The topological polar surface area (TPSA) is 20.2 Å². The summed E-state index contributed by atoms with van der Waals surface area (Å²) in [7, 11) is 0. The Morgan fingerprint density at radius 2 is 2.09 bits per heavy atom. The van der Waals surface area contributed by atoms with E-state index in [-0.39, 0.29) is 0 Å². The molecule has 0 spiro atoms. The molecule has 1 saturated carbocycles. The van der Waals surface area contributed by atoms with Gasteiger partial charge in [0.1, 0.15) is 0 Å². The van der Waals surface area contributed by atoms with Gasteiger partial charge in [0.2, 0.25) is 0 Å². The van der Waals surface area contributed by atoms with Gasteiger partial charge in [-0.15, -0.1) is 0 Å². The molecule has 1 fully saturated rings. The van der Waals surface area contributed by atoms with E-state index in [2.05, 4.69) is 13.8 Å². The summed E-state index contributed by atoms with van der Waals surface area (Å²) in [6.45, 7) is 5.00. The minimum Gasteiger partial charge on any atom is -0.396 e. The Balaban J connectivity index is 2.33. The SMILES string of the molecule is CC(C)[C@H]1CCC[C@@H](CO)C1. The summed E-state index contributed by atoms with van der Waals surface area (Å²) in [5.41, 5.74) is 0. The number of hydrogen-bond acceptors (Lipinski definition) is 1. The predicted octanol–water partition coefficient (Wildman–Crippen LogP) is 2.44. The lowest BCUT2D eigenvalue weighted by atomic mass is 9.76. The second-order valence-corrected chi connectivity index (χ2v) is 4.22. The average Bonchev–Trinajstić information content (AvgIpc) is 2.05. The van der Waals surface area contributed by atoms with Gasteiger partial charge in [-0.05, 0) is 30.6 Å². The maximum absolute atomic E-state index is 8.99. The summed E-state index contributed by atoms with van der Waals surface area (Å²) in [6.07, 6.45) is 5.22. The van der Waals surface area contributed by atoms with Crippen molar-refractivity contribution in [1.29, 1.82) is 0 Å². The third-order valence-electron chi connectivity index (χ3n) is 3.02. The van der Waals surface area contributed by atoms with Gasteiger partial charge in [-0.3, -0.25) is 0 Å². The molecule has 0 aromatic carbocycles. The van der Waals surface area contributed by atoms with Crippen molar-refractivity contribution in [2.24, 2.45) is 17.8 Å². The lowest BCUT2D eigenvalue weighted by Gasteiger charge is -2.30. The molecule has 0 heterocycles. The van der Waals surface area contributed by atoms with Crippen LogP contribution in [-0.4, -0.2) is 11.7 Å². The fourth-order valence-corrected chi connectivity index (χ4v) is 2.10. The van der Waals surface area contributed by atoms with E-state index in [4.69, 9.17) is 5.11 Å². The van der Waals surface area contributed by atoms with Gasteiger partial charge in [0, 0.05) is 6.61 Å². The van der Waals surface area contributed by atoms with Crippen molar-refractivity contribution < 1.29 is 5.11 Å². The van der Waals surface area contributed by atoms with Gasteiger partial charge in [0.05, 0.1) is 0 Å². The first-order valence-corrected chi connectivity index (χ1v) is 4.85. The summed E-state index contributed by atoms with van der Waals surface area (Å²) in [4.78, 5) is 0. The molecule has 0 unspecified atom stereocenters. The van der Waals surface area contributed by atoms with Gasteiger partial charge in [0.25, 0.3) is 0 Å². The van der Waals surface area contributed by atoms with Crippen LogP contribution in [0.2, 0.25) is 0 Å². The highest BCUT2D eigenvalue weighted by Crippen LogP contribution is 2.33. The summed E-state index contributed by atoms with van der Waals surface area (Å²) >= 11 is 0. The maximum atomic E-state index is 8.99. The molecule has 0 radical (unpaired) electrons. The fraction of sp³-hybridized carbons (Fsp3) is 1.00. The van der Waals surface area contributed by atoms with Crippen molar-refractivity contribution in [2.45, 2.75) is 39.5 Å². The van der Waals surface area contributed by atoms with Crippen LogP contribution < -0.4 is 0 Å². The van der Waals surface area contributed by atoms with Crippen molar-refractivity contribution in [3.05, 3.63) is 0 Å². The summed E-state index contributed by atoms with van der Waals surface area (Å²) in [5, 5.41) is 8.99. The van der Waals surface area contributed by atoms with Gasteiger partial charge < -0.3 is 5.11 Å². The molecule has 0 aromatic heterocycles. The fourth-order valence-electron chi connectivity index (χ4n) is 2.10. The van der Waals surface area contributed by atoms with E-state index < -0.39 is 0 Å². The van der Waals surface area contributed by atoms with E-state index >= 15 is 0 Å². The molecule has 0 saturated heterocycles. The molecule has 2 atom stereocenters. The first kappa shape index (κ1) is 9.05. The molecule has 66 valence electrons. The Morgan fingerprint density at radius 1 is 1.36 bits per heavy atom. The second kappa shape index (κ2) is 4.10. The third kappa shape index (κ3) is 2.48. The number of hydrogen-bond donors (Lipinski definition) is 1. The zero-order valence-corrected chi connectivity index (χ0v) is 7.71. The van der Waals surface area contributed by atoms with Gasteiger partial charge in [-0.1, -0.05) is 26.7 Å². The molecule has 0 bridgehead atoms. The van der Waals surface area contributed by atoms with Crippen molar-refractivity contribution >= 4 is 0 Å². The van der Waals surface area contributed by atoms with Crippen LogP contribution in [-0.2, 0) is 0 Å². The van der Waals surface area contributed by atoms with Crippen LogP contribution >= 0.6 is 0 Å². The highest BCUT2D eigenvalue weighted by molar-refractivity contribution is 4.74.